The van der Waals surface area contributed by atoms with Gasteiger partial charge in [-0.15, -0.1) is 0 Å². The van der Waals surface area contributed by atoms with E-state index in [-0.39, 0.29) is 28.1 Å². The van der Waals surface area contributed by atoms with Crippen LogP contribution in [0.3, 0.4) is 0 Å². The van der Waals surface area contributed by atoms with Crippen LogP contribution in [0.15, 0.2) is 71.6 Å². The first-order valence-electron chi connectivity index (χ1n) is 8.91. The van der Waals surface area contributed by atoms with Gasteiger partial charge in [0, 0.05) is 11.8 Å². The van der Waals surface area contributed by atoms with Crippen molar-refractivity contribution in [2.45, 2.75) is 4.90 Å². The smallest absolute Gasteiger partial charge is 0.262 e. The fraction of sp³-hybridized carbons (Fsp3) is 0.0952. The summed E-state index contributed by atoms with van der Waals surface area (Å²) >= 11 is 11.8. The van der Waals surface area contributed by atoms with Gasteiger partial charge in [0.15, 0.2) is 6.61 Å². The molecule has 31 heavy (non-hydrogen) atoms. The van der Waals surface area contributed by atoms with Crippen molar-refractivity contribution in [2.24, 2.45) is 0 Å². The van der Waals surface area contributed by atoms with Crippen molar-refractivity contribution in [3.05, 3.63) is 76.8 Å². The molecular weight excluding hydrogens is 463 g/mol. The molecule has 0 unspecified atom stereocenters. The largest absolute Gasteiger partial charge is 0.497 e. The molecule has 3 aromatic carbocycles. The highest BCUT2D eigenvalue weighted by Gasteiger charge is 2.15. The van der Waals surface area contributed by atoms with E-state index in [4.69, 9.17) is 32.7 Å². The van der Waals surface area contributed by atoms with Crippen molar-refractivity contribution >= 4 is 50.5 Å². The molecule has 0 saturated heterocycles. The van der Waals surface area contributed by atoms with Crippen LogP contribution in [0.25, 0.3) is 0 Å². The summed E-state index contributed by atoms with van der Waals surface area (Å²) in [4.78, 5) is 12.1. The summed E-state index contributed by atoms with van der Waals surface area (Å²) in [5.74, 6) is 0.588. The van der Waals surface area contributed by atoms with E-state index < -0.39 is 10.0 Å². The third-order valence-corrected chi connectivity index (χ3v) is 6.17. The average molecular weight is 481 g/mol. The molecule has 0 aliphatic carbocycles. The van der Waals surface area contributed by atoms with Crippen molar-refractivity contribution in [3.63, 3.8) is 0 Å². The maximum absolute atomic E-state index is 12.5. The Bertz CT molecular complexity index is 1180. The monoisotopic (exact) mass is 480 g/mol. The van der Waals surface area contributed by atoms with Gasteiger partial charge in [0.05, 0.1) is 27.7 Å². The lowest BCUT2D eigenvalue weighted by Gasteiger charge is -2.11. The van der Waals surface area contributed by atoms with E-state index in [1.807, 2.05) is 0 Å². The summed E-state index contributed by atoms with van der Waals surface area (Å²) in [7, 11) is -2.30. The zero-order valence-electron chi connectivity index (χ0n) is 16.3. The van der Waals surface area contributed by atoms with E-state index in [0.717, 1.165) is 0 Å². The van der Waals surface area contributed by atoms with Gasteiger partial charge in [0.25, 0.3) is 15.9 Å². The minimum absolute atomic E-state index is 0.0201. The van der Waals surface area contributed by atoms with Gasteiger partial charge < -0.3 is 14.8 Å². The zero-order chi connectivity index (χ0) is 22.4. The van der Waals surface area contributed by atoms with E-state index in [1.54, 1.807) is 24.3 Å². The second-order valence-electron chi connectivity index (χ2n) is 6.27. The van der Waals surface area contributed by atoms with Crippen molar-refractivity contribution in [2.75, 3.05) is 23.8 Å². The molecule has 2 N–H and O–H groups in total. The highest BCUT2D eigenvalue weighted by atomic mass is 35.5. The summed E-state index contributed by atoms with van der Waals surface area (Å²) in [5.41, 5.74) is 0.853. The van der Waals surface area contributed by atoms with Gasteiger partial charge in [0.2, 0.25) is 0 Å². The molecule has 1 amide bonds. The van der Waals surface area contributed by atoms with Crippen LogP contribution in [0.5, 0.6) is 11.5 Å². The van der Waals surface area contributed by atoms with Crippen LogP contribution in [0.4, 0.5) is 11.4 Å². The Morgan fingerprint density at radius 3 is 2.32 bits per heavy atom. The Kier molecular flexibility index (Phi) is 7.27. The number of amides is 1. The Morgan fingerprint density at radius 1 is 0.903 bits per heavy atom. The number of halogens is 2. The van der Waals surface area contributed by atoms with E-state index in [2.05, 4.69) is 10.0 Å². The Balaban J connectivity index is 1.58. The van der Waals surface area contributed by atoms with Crippen LogP contribution in [0, 0.1) is 0 Å². The molecule has 10 heteroatoms. The topological polar surface area (TPSA) is 93.7 Å². The standard InChI is InChI=1S/C21H18Cl2N2O5S/c1-29-17-4-2-3-14(11-17)24-21(26)13-30-16-6-8-18(9-7-16)31(27,28)25-15-5-10-19(22)20(23)12-15/h2-12,25H,13H2,1H3,(H,24,26). The van der Waals surface area contributed by atoms with Gasteiger partial charge in [-0.25, -0.2) is 8.42 Å². The third-order valence-electron chi connectivity index (χ3n) is 4.03. The van der Waals surface area contributed by atoms with Crippen LogP contribution in [0.2, 0.25) is 10.0 Å². The van der Waals surface area contributed by atoms with Crippen LogP contribution in [-0.2, 0) is 14.8 Å². The van der Waals surface area contributed by atoms with Gasteiger partial charge in [-0.3, -0.25) is 9.52 Å². The highest BCUT2D eigenvalue weighted by Crippen LogP contribution is 2.27. The molecule has 0 atom stereocenters. The molecule has 0 bridgehead atoms. The number of hydrogen-bond donors (Lipinski definition) is 2. The summed E-state index contributed by atoms with van der Waals surface area (Å²) in [6.45, 7) is -0.245. The lowest BCUT2D eigenvalue weighted by atomic mass is 10.3. The van der Waals surface area contributed by atoms with Gasteiger partial charge in [-0.05, 0) is 54.6 Å². The molecular formula is C21H18Cl2N2O5S. The summed E-state index contributed by atoms with van der Waals surface area (Å²) in [6, 6.07) is 17.0. The number of benzene rings is 3. The number of sulfonamides is 1. The SMILES string of the molecule is COc1cccc(NC(=O)COc2ccc(S(=O)(=O)Nc3ccc(Cl)c(Cl)c3)cc2)c1. The minimum Gasteiger partial charge on any atom is -0.497 e. The average Bonchev–Trinajstić information content (AvgIpc) is 2.75. The molecule has 0 aliphatic heterocycles. The van der Waals surface area contributed by atoms with Crippen LogP contribution in [-0.4, -0.2) is 28.0 Å². The number of nitrogens with one attached hydrogen (secondary N) is 2. The quantitative estimate of drug-likeness (QED) is 0.481. The molecule has 0 aromatic heterocycles. The van der Waals surface area contributed by atoms with Crippen LogP contribution < -0.4 is 19.5 Å². The van der Waals surface area contributed by atoms with Gasteiger partial charge in [0.1, 0.15) is 11.5 Å². The van der Waals surface area contributed by atoms with Crippen LogP contribution >= 0.6 is 23.2 Å². The number of hydrogen-bond acceptors (Lipinski definition) is 5. The second-order valence-corrected chi connectivity index (χ2v) is 8.77. The van der Waals surface area contributed by atoms with E-state index in [0.29, 0.717) is 22.2 Å². The van der Waals surface area contributed by atoms with Crippen molar-refractivity contribution in [1.82, 2.24) is 0 Å². The number of carbonyl (C=O) groups excluding carboxylic acids is 1. The second kappa shape index (κ2) is 9.91. The van der Waals surface area contributed by atoms with E-state index >= 15 is 0 Å². The molecule has 0 fully saturated rings. The Morgan fingerprint density at radius 2 is 1.65 bits per heavy atom. The molecule has 162 valence electrons. The third kappa shape index (κ3) is 6.27. The first-order valence-corrected chi connectivity index (χ1v) is 11.2. The summed E-state index contributed by atoms with van der Waals surface area (Å²) in [5, 5.41) is 3.24. The van der Waals surface area contributed by atoms with Gasteiger partial charge >= 0.3 is 0 Å². The fourth-order valence-electron chi connectivity index (χ4n) is 2.54. The number of ether oxygens (including phenoxy) is 2. The van der Waals surface area contributed by atoms with E-state index in [9.17, 15) is 13.2 Å². The predicted octanol–water partition coefficient (Wildman–Crippen LogP) is 4.82. The number of anilines is 2. The zero-order valence-corrected chi connectivity index (χ0v) is 18.6. The number of methoxy groups -OCH3 is 1. The highest BCUT2D eigenvalue weighted by molar-refractivity contribution is 7.92. The van der Waals surface area contributed by atoms with Gasteiger partial charge in [-0.2, -0.15) is 0 Å². The van der Waals surface area contributed by atoms with Crippen molar-refractivity contribution in [1.29, 1.82) is 0 Å². The van der Waals surface area contributed by atoms with Gasteiger partial charge in [-0.1, -0.05) is 29.3 Å². The summed E-state index contributed by atoms with van der Waals surface area (Å²) < 4.78 is 38.0. The maximum atomic E-state index is 12.5. The molecule has 0 spiro atoms. The molecule has 3 aromatic rings. The first kappa shape index (κ1) is 22.7. The molecule has 0 saturated carbocycles. The lowest BCUT2D eigenvalue weighted by molar-refractivity contribution is -0.118. The maximum Gasteiger partial charge on any atom is 0.262 e. The van der Waals surface area contributed by atoms with Crippen LogP contribution in [0.1, 0.15) is 0 Å². The van der Waals surface area contributed by atoms with Crippen molar-refractivity contribution < 1.29 is 22.7 Å². The Hall–Kier alpha value is -2.94. The minimum atomic E-state index is -3.84. The van der Waals surface area contributed by atoms with E-state index in [1.165, 1.54) is 49.6 Å². The molecule has 0 heterocycles. The lowest BCUT2D eigenvalue weighted by Crippen LogP contribution is -2.20. The predicted molar refractivity (Wildman–Crippen MR) is 121 cm³/mol. The molecule has 7 nitrogen and oxygen atoms in total. The van der Waals surface area contributed by atoms with Crippen molar-refractivity contribution in [3.8, 4) is 11.5 Å². The summed E-state index contributed by atoms with van der Waals surface area (Å²) in [6.07, 6.45) is 0. The molecule has 0 aliphatic rings. The number of rotatable bonds is 8. The molecule has 3 rings (SSSR count). The fourth-order valence-corrected chi connectivity index (χ4v) is 3.88. The molecule has 0 radical (unpaired) electrons. The normalized spacial score (nSPS) is 10.9. The number of carbonyl (C=O) groups is 1. The Labute approximate surface area is 189 Å². The first-order chi connectivity index (χ1) is 14.8.